The van der Waals surface area contributed by atoms with Crippen molar-refractivity contribution in [2.45, 2.75) is 152 Å². The first-order valence-electron chi connectivity index (χ1n) is 24.9. The lowest BCUT2D eigenvalue weighted by Gasteiger charge is -2.64. The van der Waals surface area contributed by atoms with Gasteiger partial charge in [-0.15, -0.1) is 0 Å². The minimum absolute atomic E-state index is 0.0111. The number of ketones is 1. The second-order valence-electron chi connectivity index (χ2n) is 21.7. The number of aliphatic hydroxyl groups excluding tert-OH is 5. The number of carbonyl (C=O) groups is 2. The van der Waals surface area contributed by atoms with Crippen molar-refractivity contribution in [2.75, 3.05) is 39.5 Å². The van der Waals surface area contributed by atoms with E-state index in [0.717, 1.165) is 70.9 Å². The first-order valence-corrected chi connectivity index (χ1v) is 24.9. The number of allylic oxidation sites excluding steroid dienone is 1. The van der Waals surface area contributed by atoms with Gasteiger partial charge in [0, 0.05) is 37.2 Å². The number of Topliss-reactive ketones (excluding diaryl/α,β-unsaturated/α-hetero) is 1. The standard InChI is InChI=1S/C48H78N4O10/c1-4-23(20-53)47(59)61-37-18-33-43(58)41-36(57)17-28(21-54)60-45(41)42-39-31-12-13-51-46(49)40(31)30(11-7-24-6-9-27(56)16-32(24)34(39)22-55)29-10-8-25-15-38(50-5-2)52-19-26(25)14-35(29)48(37,3)62-44(33)42/h4,24-35,37-46,50-56,58H,5-22,49H2,1-3H3/p+1. The second kappa shape index (κ2) is 18.6. The summed E-state index contributed by atoms with van der Waals surface area (Å²) in [6.45, 7) is 7.78. The van der Waals surface area contributed by atoms with Crippen molar-refractivity contribution in [3.8, 4) is 0 Å². The van der Waals surface area contributed by atoms with Gasteiger partial charge in [-0.3, -0.25) is 10.1 Å². The molecule has 62 heavy (non-hydrogen) atoms. The molecule has 4 saturated carbocycles. The molecule has 0 radical (unpaired) electrons. The Morgan fingerprint density at radius 2 is 1.68 bits per heavy atom. The minimum atomic E-state index is -1.15. The van der Waals surface area contributed by atoms with E-state index in [2.05, 4.69) is 29.8 Å². The zero-order chi connectivity index (χ0) is 43.6. The summed E-state index contributed by atoms with van der Waals surface area (Å²) in [7, 11) is 0. The third-order valence-electron chi connectivity index (χ3n) is 19.2. The Bertz CT molecular complexity index is 1640. The summed E-state index contributed by atoms with van der Waals surface area (Å²) in [5, 5.41) is 66.8. The number of nitrogens with one attached hydrogen (secondary N) is 2. The number of hydrogen-bond acceptors (Lipinski definition) is 13. The van der Waals surface area contributed by atoms with Crippen LogP contribution in [0.3, 0.4) is 0 Å². The Morgan fingerprint density at radius 3 is 2.42 bits per heavy atom. The van der Waals surface area contributed by atoms with Crippen molar-refractivity contribution in [3.05, 3.63) is 11.6 Å². The Hall–Kier alpha value is -1.56. The van der Waals surface area contributed by atoms with E-state index in [1.807, 2.05) is 0 Å². The van der Waals surface area contributed by atoms with Crippen molar-refractivity contribution < 1.29 is 54.6 Å². The number of hydrogen-bond donors (Lipinski definition) is 9. The number of aliphatic hydroxyl groups is 5. The summed E-state index contributed by atoms with van der Waals surface area (Å²) < 4.78 is 21.5. The van der Waals surface area contributed by atoms with E-state index in [1.165, 1.54) is 0 Å². The van der Waals surface area contributed by atoms with Crippen LogP contribution in [0.25, 0.3) is 0 Å². The molecule has 0 amide bonds. The van der Waals surface area contributed by atoms with Crippen LogP contribution in [0.5, 0.6) is 0 Å². The number of ether oxygens (including phenoxy) is 3. The lowest BCUT2D eigenvalue weighted by atomic mass is 9.49. The van der Waals surface area contributed by atoms with Crippen LogP contribution in [0, 0.1) is 82.9 Å². The number of quaternary nitrogens is 1. The monoisotopic (exact) mass is 872 g/mol. The molecule has 0 spiro atoms. The average molecular weight is 872 g/mol. The summed E-state index contributed by atoms with van der Waals surface area (Å²) in [6, 6.07) is 0. The summed E-state index contributed by atoms with van der Waals surface area (Å²) >= 11 is 0. The summed E-state index contributed by atoms with van der Waals surface area (Å²) in [5.74, 6) is -1.60. The van der Waals surface area contributed by atoms with Crippen molar-refractivity contribution in [1.82, 2.24) is 10.6 Å². The molecular formula is C48H79N4O10+. The predicted molar refractivity (Wildman–Crippen MR) is 228 cm³/mol. The number of piperidine rings is 2. The first kappa shape index (κ1) is 45.6. The molecule has 9 aliphatic rings. The summed E-state index contributed by atoms with van der Waals surface area (Å²) in [6.07, 6.45) is 6.39. The Labute approximate surface area is 368 Å². The minimum Gasteiger partial charge on any atom is -0.456 e. The van der Waals surface area contributed by atoms with E-state index >= 15 is 0 Å². The molecule has 11 N–H and O–H groups in total. The SMILES string of the molecule is CC=C(CO)C(=O)OC1CC2C(O)C3C(=O)CC(CO)OC3C3C2OC1(C)C1CC2C[NH2+]C(NCC)CC2CCC1C1CCC2CCC(O)CC2C(CO)C3C2CCNC(N)C12. The van der Waals surface area contributed by atoms with Crippen molar-refractivity contribution in [2.24, 2.45) is 88.6 Å². The highest BCUT2D eigenvalue weighted by molar-refractivity contribution is 5.88. The summed E-state index contributed by atoms with van der Waals surface area (Å²) in [5.41, 5.74) is 6.62. The Morgan fingerprint density at radius 1 is 0.903 bits per heavy atom. The van der Waals surface area contributed by atoms with Crippen molar-refractivity contribution in [1.29, 1.82) is 0 Å². The third kappa shape index (κ3) is 7.88. The van der Waals surface area contributed by atoms with Gasteiger partial charge in [0.1, 0.15) is 23.7 Å². The average Bonchev–Trinajstić information content (AvgIpc) is 3.42. The molecule has 9 fully saturated rings. The largest absolute Gasteiger partial charge is 0.456 e. The van der Waals surface area contributed by atoms with E-state index in [1.54, 1.807) is 13.0 Å². The number of esters is 1. The number of nitrogens with two attached hydrogens (primary N) is 2. The van der Waals surface area contributed by atoms with Crippen LogP contribution in [-0.4, -0.2) is 131 Å². The van der Waals surface area contributed by atoms with Crippen molar-refractivity contribution in [3.63, 3.8) is 0 Å². The van der Waals surface area contributed by atoms with Gasteiger partial charge >= 0.3 is 5.97 Å². The van der Waals surface area contributed by atoms with Gasteiger partial charge in [0.15, 0.2) is 0 Å². The molecule has 0 aromatic rings. The van der Waals surface area contributed by atoms with Crippen LogP contribution in [0.4, 0.5) is 0 Å². The normalized spacial score (nSPS) is 51.7. The molecule has 0 aromatic carbocycles. The lowest BCUT2D eigenvalue weighted by Crippen LogP contribution is -2.96. The highest BCUT2D eigenvalue weighted by Crippen LogP contribution is 2.63. The molecular weight excluding hydrogens is 793 g/mol. The van der Waals surface area contributed by atoms with Crippen LogP contribution in [0.1, 0.15) is 97.8 Å². The van der Waals surface area contributed by atoms with E-state index in [9.17, 15) is 35.1 Å². The molecule has 4 bridgehead atoms. The Kier molecular flexibility index (Phi) is 13.7. The molecule has 9 rings (SSSR count). The second-order valence-corrected chi connectivity index (χ2v) is 21.7. The fourth-order valence-electron chi connectivity index (χ4n) is 16.6. The third-order valence-corrected chi connectivity index (χ3v) is 19.2. The van der Waals surface area contributed by atoms with Gasteiger partial charge in [-0.1, -0.05) is 13.0 Å². The lowest BCUT2D eigenvalue weighted by molar-refractivity contribution is -0.711. The van der Waals surface area contributed by atoms with E-state index in [0.29, 0.717) is 31.0 Å². The van der Waals surface area contributed by atoms with Crippen LogP contribution in [0.15, 0.2) is 11.6 Å². The molecule has 5 aliphatic heterocycles. The topological polar surface area (TPSA) is 230 Å². The van der Waals surface area contributed by atoms with Gasteiger partial charge in [0.2, 0.25) is 0 Å². The molecule has 350 valence electrons. The fourth-order valence-corrected chi connectivity index (χ4v) is 16.6. The summed E-state index contributed by atoms with van der Waals surface area (Å²) in [4.78, 5) is 28.6. The Balaban J connectivity index is 1.28. The zero-order valence-electron chi connectivity index (χ0n) is 37.4. The molecule has 23 atom stereocenters. The smallest absolute Gasteiger partial charge is 0.336 e. The fraction of sp³-hybridized carbons (Fsp3) is 0.917. The van der Waals surface area contributed by atoms with Crippen LogP contribution in [-0.2, 0) is 23.8 Å². The maximum absolute atomic E-state index is 14.5. The predicted octanol–water partition coefficient (Wildman–Crippen LogP) is 0.814. The zero-order valence-corrected chi connectivity index (χ0v) is 37.4. The van der Waals surface area contributed by atoms with Gasteiger partial charge in [0.25, 0.3) is 0 Å². The van der Waals surface area contributed by atoms with Crippen LogP contribution < -0.4 is 21.7 Å². The first-order chi connectivity index (χ1) is 29.9. The van der Waals surface area contributed by atoms with Crippen molar-refractivity contribution >= 4 is 11.8 Å². The van der Waals surface area contributed by atoms with Gasteiger partial charge < -0.3 is 56.1 Å². The molecule has 5 heterocycles. The number of carbonyl (C=O) groups excluding carboxylic acids is 2. The van der Waals surface area contributed by atoms with Gasteiger partial charge in [-0.25, -0.2) is 4.79 Å². The highest BCUT2D eigenvalue weighted by atomic mass is 16.6. The van der Waals surface area contributed by atoms with Crippen LogP contribution >= 0.6 is 0 Å². The number of rotatable bonds is 7. The van der Waals surface area contributed by atoms with Gasteiger partial charge in [-0.2, -0.15) is 0 Å². The maximum atomic E-state index is 14.5. The molecule has 0 aromatic heterocycles. The van der Waals surface area contributed by atoms with Crippen LogP contribution in [0.2, 0.25) is 0 Å². The molecule has 5 saturated heterocycles. The number of fused-ring (bicyclic) bond motifs is 9. The quantitative estimate of drug-likeness (QED) is 0.128. The molecule has 14 heteroatoms. The maximum Gasteiger partial charge on any atom is 0.336 e. The molecule has 14 nitrogen and oxygen atoms in total. The molecule has 23 unspecified atom stereocenters. The molecule has 4 aliphatic carbocycles. The van der Waals surface area contributed by atoms with Gasteiger partial charge in [0.05, 0.1) is 67.9 Å². The highest BCUT2D eigenvalue weighted by Gasteiger charge is 2.68. The van der Waals surface area contributed by atoms with E-state index in [4.69, 9.17) is 19.9 Å². The van der Waals surface area contributed by atoms with E-state index in [-0.39, 0.29) is 96.8 Å². The van der Waals surface area contributed by atoms with E-state index < -0.39 is 72.6 Å². The van der Waals surface area contributed by atoms with Gasteiger partial charge in [-0.05, 0) is 150 Å².